The molecule has 1 aliphatic carbocycles. The lowest BCUT2D eigenvalue weighted by Gasteiger charge is -2.27. The molecule has 0 N–H and O–H groups in total. The van der Waals surface area contributed by atoms with Crippen LogP contribution in [0.1, 0.15) is 32.1 Å². The lowest BCUT2D eigenvalue weighted by atomic mass is 9.87. The predicted molar refractivity (Wildman–Crippen MR) is 71.2 cm³/mol. The van der Waals surface area contributed by atoms with Gasteiger partial charge in [0.05, 0.1) is 6.61 Å². The Bertz CT molecular complexity index is 299. The molecule has 0 aromatic heterocycles. The maximum atomic E-state index is 5.74. The van der Waals surface area contributed by atoms with Gasteiger partial charge in [0.1, 0.15) is 5.75 Å². The first-order valence-corrected chi connectivity index (χ1v) is 7.10. The molecule has 88 valence electrons. The third-order valence-corrected chi connectivity index (χ3v) is 4.52. The summed E-state index contributed by atoms with van der Waals surface area (Å²) >= 11 is 3.79. The number of hydrogen-bond donors (Lipinski definition) is 0. The lowest BCUT2D eigenvalue weighted by molar-refractivity contribution is 0.252. The fourth-order valence-corrected chi connectivity index (χ4v) is 3.18. The zero-order chi connectivity index (χ0) is 11.2. The Morgan fingerprint density at radius 3 is 2.62 bits per heavy atom. The third-order valence-electron chi connectivity index (χ3n) is 3.32. The van der Waals surface area contributed by atoms with Crippen molar-refractivity contribution in [3.63, 3.8) is 0 Å². The van der Waals surface area contributed by atoms with E-state index in [2.05, 4.69) is 15.9 Å². The Balaban J connectivity index is 1.71. The van der Waals surface area contributed by atoms with Gasteiger partial charge in [-0.25, -0.2) is 0 Å². The van der Waals surface area contributed by atoms with Gasteiger partial charge in [-0.05, 0) is 37.3 Å². The molecular weight excluding hydrogens is 264 g/mol. The topological polar surface area (TPSA) is 9.23 Å². The van der Waals surface area contributed by atoms with Gasteiger partial charge < -0.3 is 4.74 Å². The molecule has 0 spiro atoms. The number of ether oxygens (including phenoxy) is 1. The Morgan fingerprint density at radius 1 is 1.12 bits per heavy atom. The molecule has 0 bridgehead atoms. The van der Waals surface area contributed by atoms with E-state index in [4.69, 9.17) is 4.74 Å². The summed E-state index contributed by atoms with van der Waals surface area (Å²) in [4.78, 5) is 0.709. The van der Waals surface area contributed by atoms with Gasteiger partial charge in [-0.2, -0.15) is 0 Å². The summed E-state index contributed by atoms with van der Waals surface area (Å²) in [6, 6.07) is 10.1. The fraction of sp³-hybridized carbons (Fsp3) is 0.571. The van der Waals surface area contributed by atoms with E-state index in [1.807, 2.05) is 30.3 Å². The standard InChI is InChI=1S/C14H19BrO/c15-14-9-5-4-6-12(14)10-11-16-13-7-2-1-3-8-13/h1-3,7-8,12,14H,4-6,9-11H2. The molecule has 16 heavy (non-hydrogen) atoms. The summed E-state index contributed by atoms with van der Waals surface area (Å²) in [5.41, 5.74) is 0. The average Bonchev–Trinajstić information content (AvgIpc) is 2.33. The second-order valence-corrected chi connectivity index (χ2v) is 5.69. The van der Waals surface area contributed by atoms with Crippen molar-refractivity contribution >= 4 is 15.9 Å². The van der Waals surface area contributed by atoms with Crippen LogP contribution < -0.4 is 4.74 Å². The first-order valence-electron chi connectivity index (χ1n) is 6.18. The van der Waals surface area contributed by atoms with E-state index >= 15 is 0 Å². The Kier molecular flexibility index (Phi) is 4.70. The first-order chi connectivity index (χ1) is 7.86. The summed E-state index contributed by atoms with van der Waals surface area (Å²) in [6.45, 7) is 0.844. The van der Waals surface area contributed by atoms with Crippen molar-refractivity contribution in [1.29, 1.82) is 0 Å². The minimum Gasteiger partial charge on any atom is -0.494 e. The van der Waals surface area contributed by atoms with Gasteiger partial charge in [0.2, 0.25) is 0 Å². The molecule has 0 saturated heterocycles. The van der Waals surface area contributed by atoms with Crippen molar-refractivity contribution < 1.29 is 4.74 Å². The molecule has 2 heteroatoms. The van der Waals surface area contributed by atoms with E-state index in [1.165, 1.54) is 32.1 Å². The van der Waals surface area contributed by atoms with Gasteiger partial charge in [0.25, 0.3) is 0 Å². The monoisotopic (exact) mass is 282 g/mol. The van der Waals surface area contributed by atoms with Crippen LogP contribution in [0.25, 0.3) is 0 Å². The highest BCUT2D eigenvalue weighted by molar-refractivity contribution is 9.09. The zero-order valence-electron chi connectivity index (χ0n) is 9.57. The SMILES string of the molecule is BrC1CCCCC1CCOc1ccccc1. The Morgan fingerprint density at radius 2 is 1.88 bits per heavy atom. The first kappa shape index (κ1) is 12.0. The largest absolute Gasteiger partial charge is 0.494 e. The predicted octanol–water partition coefficient (Wildman–Crippen LogP) is 4.41. The molecule has 2 unspecified atom stereocenters. The maximum Gasteiger partial charge on any atom is 0.119 e. The second kappa shape index (κ2) is 6.29. The molecule has 1 nitrogen and oxygen atoms in total. The van der Waals surface area contributed by atoms with Crippen LogP contribution in [0.2, 0.25) is 0 Å². The highest BCUT2D eigenvalue weighted by Crippen LogP contribution is 2.32. The summed E-state index contributed by atoms with van der Waals surface area (Å²) in [5, 5.41) is 0. The summed E-state index contributed by atoms with van der Waals surface area (Å²) in [5.74, 6) is 1.79. The van der Waals surface area contributed by atoms with E-state index in [9.17, 15) is 0 Å². The zero-order valence-corrected chi connectivity index (χ0v) is 11.2. The van der Waals surface area contributed by atoms with Crippen LogP contribution in [0.3, 0.4) is 0 Å². The summed E-state index contributed by atoms with van der Waals surface area (Å²) < 4.78 is 5.74. The van der Waals surface area contributed by atoms with Crippen LogP contribution in [-0.2, 0) is 0 Å². The van der Waals surface area contributed by atoms with Gasteiger partial charge in [-0.3, -0.25) is 0 Å². The summed E-state index contributed by atoms with van der Waals surface area (Å²) in [7, 11) is 0. The third kappa shape index (κ3) is 3.51. The van der Waals surface area contributed by atoms with Gasteiger partial charge in [-0.1, -0.05) is 47.0 Å². The van der Waals surface area contributed by atoms with Crippen molar-refractivity contribution in [2.24, 2.45) is 5.92 Å². The molecule has 0 radical (unpaired) electrons. The molecule has 0 aliphatic heterocycles. The molecular formula is C14H19BrO. The molecule has 2 rings (SSSR count). The number of rotatable bonds is 4. The van der Waals surface area contributed by atoms with E-state index in [0.717, 1.165) is 18.3 Å². The van der Waals surface area contributed by atoms with Gasteiger partial charge in [-0.15, -0.1) is 0 Å². The van der Waals surface area contributed by atoms with Crippen molar-refractivity contribution in [1.82, 2.24) is 0 Å². The minimum absolute atomic E-state index is 0.709. The van der Waals surface area contributed by atoms with Crippen LogP contribution in [0.4, 0.5) is 0 Å². The highest BCUT2D eigenvalue weighted by Gasteiger charge is 2.22. The van der Waals surface area contributed by atoms with Gasteiger partial charge in [0.15, 0.2) is 0 Å². The fourth-order valence-electron chi connectivity index (χ4n) is 2.33. The number of benzene rings is 1. The minimum atomic E-state index is 0.709. The van der Waals surface area contributed by atoms with Crippen molar-refractivity contribution in [3.05, 3.63) is 30.3 Å². The van der Waals surface area contributed by atoms with E-state index in [-0.39, 0.29) is 0 Å². The van der Waals surface area contributed by atoms with Gasteiger partial charge in [0, 0.05) is 4.83 Å². The molecule has 1 fully saturated rings. The Hall–Kier alpha value is -0.500. The molecule has 0 amide bonds. The maximum absolute atomic E-state index is 5.74. The van der Waals surface area contributed by atoms with Crippen molar-refractivity contribution in [2.75, 3.05) is 6.61 Å². The number of hydrogen-bond acceptors (Lipinski definition) is 1. The lowest BCUT2D eigenvalue weighted by Crippen LogP contribution is -2.21. The molecule has 1 aliphatic rings. The Labute approximate surface area is 106 Å². The normalized spacial score (nSPS) is 25.3. The molecule has 1 saturated carbocycles. The average molecular weight is 283 g/mol. The van der Waals surface area contributed by atoms with Crippen LogP contribution in [-0.4, -0.2) is 11.4 Å². The van der Waals surface area contributed by atoms with Crippen molar-refractivity contribution in [2.45, 2.75) is 36.9 Å². The molecule has 2 atom stereocenters. The number of halogens is 1. The molecule has 1 aromatic rings. The number of alkyl halides is 1. The van der Waals surface area contributed by atoms with E-state index in [1.54, 1.807) is 0 Å². The highest BCUT2D eigenvalue weighted by atomic mass is 79.9. The van der Waals surface area contributed by atoms with Crippen LogP contribution in [0.15, 0.2) is 30.3 Å². The summed E-state index contributed by atoms with van der Waals surface area (Å²) in [6.07, 6.45) is 6.62. The van der Waals surface area contributed by atoms with Crippen LogP contribution >= 0.6 is 15.9 Å². The van der Waals surface area contributed by atoms with Crippen molar-refractivity contribution in [3.8, 4) is 5.75 Å². The van der Waals surface area contributed by atoms with Crippen LogP contribution in [0.5, 0.6) is 5.75 Å². The smallest absolute Gasteiger partial charge is 0.119 e. The second-order valence-electron chi connectivity index (χ2n) is 4.51. The van der Waals surface area contributed by atoms with E-state index < -0.39 is 0 Å². The molecule has 1 aromatic carbocycles. The number of para-hydroxylation sites is 1. The van der Waals surface area contributed by atoms with E-state index in [0.29, 0.717) is 4.83 Å². The molecule has 0 heterocycles. The van der Waals surface area contributed by atoms with Crippen LogP contribution in [0, 0.1) is 5.92 Å². The van der Waals surface area contributed by atoms with Gasteiger partial charge >= 0.3 is 0 Å². The quantitative estimate of drug-likeness (QED) is 0.744.